The molecule has 0 spiro atoms. The highest BCUT2D eigenvalue weighted by molar-refractivity contribution is 7.99. The van der Waals surface area contributed by atoms with Gasteiger partial charge in [0.05, 0.1) is 0 Å². The molecular formula is C11H12N4O2S. The standard InChI is InChI=1S/C11H12N4O2S/c1-6-5-8(10(12)15-16)3-4-9(6)18-11-14-13-7(2)17-11/h3-5,16H,1-2H3,(H2,12,15). The average Bonchev–Trinajstić information content (AvgIpc) is 2.76. The zero-order valence-corrected chi connectivity index (χ0v) is 10.7. The van der Waals surface area contributed by atoms with Gasteiger partial charge in [-0.15, -0.1) is 10.2 Å². The van der Waals surface area contributed by atoms with Crippen molar-refractivity contribution < 1.29 is 9.62 Å². The quantitative estimate of drug-likeness (QED) is 0.380. The summed E-state index contributed by atoms with van der Waals surface area (Å²) in [6.45, 7) is 3.67. The molecule has 18 heavy (non-hydrogen) atoms. The highest BCUT2D eigenvalue weighted by Crippen LogP contribution is 2.29. The number of nitrogens with zero attached hydrogens (tertiary/aromatic N) is 3. The van der Waals surface area contributed by atoms with Crippen molar-refractivity contribution in [2.45, 2.75) is 24.0 Å². The van der Waals surface area contributed by atoms with E-state index in [9.17, 15) is 0 Å². The molecule has 94 valence electrons. The predicted octanol–water partition coefficient (Wildman–Crippen LogP) is 1.93. The van der Waals surface area contributed by atoms with Gasteiger partial charge < -0.3 is 15.4 Å². The Hall–Kier alpha value is -2.02. The van der Waals surface area contributed by atoms with Gasteiger partial charge in [0.15, 0.2) is 5.84 Å². The largest absolute Gasteiger partial charge is 0.416 e. The third-order valence-electron chi connectivity index (χ3n) is 2.28. The van der Waals surface area contributed by atoms with Crippen molar-refractivity contribution in [3.8, 4) is 0 Å². The molecule has 7 heteroatoms. The van der Waals surface area contributed by atoms with Crippen LogP contribution in [0.1, 0.15) is 17.0 Å². The number of oxime groups is 1. The Morgan fingerprint density at radius 3 is 2.72 bits per heavy atom. The van der Waals surface area contributed by atoms with Gasteiger partial charge in [0, 0.05) is 17.4 Å². The lowest BCUT2D eigenvalue weighted by Crippen LogP contribution is -2.13. The third kappa shape index (κ3) is 2.62. The number of nitrogens with two attached hydrogens (primary N) is 1. The molecule has 6 nitrogen and oxygen atoms in total. The van der Waals surface area contributed by atoms with Gasteiger partial charge in [-0.3, -0.25) is 0 Å². The fourth-order valence-electron chi connectivity index (χ4n) is 1.39. The van der Waals surface area contributed by atoms with Crippen LogP contribution in [0.2, 0.25) is 0 Å². The molecule has 0 unspecified atom stereocenters. The van der Waals surface area contributed by atoms with Gasteiger partial charge in [0.25, 0.3) is 5.22 Å². The van der Waals surface area contributed by atoms with E-state index in [2.05, 4.69) is 15.4 Å². The molecule has 1 aromatic carbocycles. The van der Waals surface area contributed by atoms with Gasteiger partial charge >= 0.3 is 0 Å². The summed E-state index contributed by atoms with van der Waals surface area (Å²) in [5.41, 5.74) is 7.18. The summed E-state index contributed by atoms with van der Waals surface area (Å²) in [7, 11) is 0. The molecule has 2 rings (SSSR count). The molecule has 1 heterocycles. The lowest BCUT2D eigenvalue weighted by Gasteiger charge is -2.05. The Balaban J connectivity index is 2.25. The summed E-state index contributed by atoms with van der Waals surface area (Å²) in [6.07, 6.45) is 0. The second kappa shape index (κ2) is 5.09. The Labute approximate surface area is 108 Å². The second-order valence-corrected chi connectivity index (χ2v) is 4.65. The van der Waals surface area contributed by atoms with Crippen LogP contribution in [0.5, 0.6) is 0 Å². The van der Waals surface area contributed by atoms with Crippen molar-refractivity contribution in [2.75, 3.05) is 0 Å². The molecule has 3 N–H and O–H groups in total. The smallest absolute Gasteiger partial charge is 0.281 e. The molecule has 0 aliphatic heterocycles. The molecule has 0 amide bonds. The number of rotatable bonds is 3. The molecule has 0 saturated carbocycles. The Morgan fingerprint density at radius 2 is 2.17 bits per heavy atom. The first-order valence-electron chi connectivity index (χ1n) is 5.16. The zero-order valence-electron chi connectivity index (χ0n) is 9.91. The molecule has 0 aliphatic carbocycles. The van der Waals surface area contributed by atoms with Crippen LogP contribution in [0.3, 0.4) is 0 Å². The molecule has 0 aliphatic rings. The van der Waals surface area contributed by atoms with Gasteiger partial charge in [0.2, 0.25) is 5.89 Å². The van der Waals surface area contributed by atoms with Crippen LogP contribution in [0, 0.1) is 13.8 Å². The maximum atomic E-state index is 8.61. The van der Waals surface area contributed by atoms with E-state index in [0.29, 0.717) is 16.7 Å². The molecule has 0 saturated heterocycles. The van der Waals surface area contributed by atoms with Crippen molar-refractivity contribution in [1.29, 1.82) is 0 Å². The van der Waals surface area contributed by atoms with Crippen molar-refractivity contribution in [3.63, 3.8) is 0 Å². The summed E-state index contributed by atoms with van der Waals surface area (Å²) in [5.74, 6) is 0.617. The van der Waals surface area contributed by atoms with Gasteiger partial charge in [-0.05, 0) is 36.4 Å². The summed E-state index contributed by atoms with van der Waals surface area (Å²) >= 11 is 1.38. The summed E-state index contributed by atoms with van der Waals surface area (Å²) < 4.78 is 5.29. The molecule has 0 atom stereocenters. The summed E-state index contributed by atoms with van der Waals surface area (Å²) in [6, 6.07) is 5.47. The lowest BCUT2D eigenvalue weighted by atomic mass is 10.1. The predicted molar refractivity (Wildman–Crippen MR) is 66.8 cm³/mol. The molecular weight excluding hydrogens is 252 g/mol. The molecule has 2 aromatic rings. The van der Waals surface area contributed by atoms with Crippen LogP contribution in [0.15, 0.2) is 37.9 Å². The number of aryl methyl sites for hydroxylation is 2. The van der Waals surface area contributed by atoms with Crippen molar-refractivity contribution >= 4 is 17.6 Å². The van der Waals surface area contributed by atoms with E-state index >= 15 is 0 Å². The van der Waals surface area contributed by atoms with E-state index in [-0.39, 0.29) is 5.84 Å². The molecule has 0 radical (unpaired) electrons. The maximum absolute atomic E-state index is 8.61. The minimum absolute atomic E-state index is 0.0864. The van der Waals surface area contributed by atoms with E-state index < -0.39 is 0 Å². The SMILES string of the molecule is Cc1nnc(Sc2ccc(/C(N)=N/O)cc2C)o1. The van der Waals surface area contributed by atoms with Crippen LogP contribution < -0.4 is 5.73 Å². The first-order valence-corrected chi connectivity index (χ1v) is 5.98. The average molecular weight is 264 g/mol. The van der Waals surface area contributed by atoms with E-state index in [1.165, 1.54) is 11.8 Å². The first kappa shape index (κ1) is 12.4. The summed E-state index contributed by atoms with van der Waals surface area (Å²) in [5, 5.41) is 19.7. The monoisotopic (exact) mass is 264 g/mol. The number of amidine groups is 1. The van der Waals surface area contributed by atoms with Gasteiger partial charge in [0.1, 0.15) is 0 Å². The van der Waals surface area contributed by atoms with Gasteiger partial charge in [-0.1, -0.05) is 11.2 Å². The Morgan fingerprint density at radius 1 is 1.39 bits per heavy atom. The number of benzene rings is 1. The van der Waals surface area contributed by atoms with Crippen LogP contribution in [-0.4, -0.2) is 21.2 Å². The number of aromatic nitrogens is 2. The van der Waals surface area contributed by atoms with Crippen LogP contribution in [0.25, 0.3) is 0 Å². The van der Waals surface area contributed by atoms with E-state index in [0.717, 1.165) is 10.5 Å². The summed E-state index contributed by atoms with van der Waals surface area (Å²) in [4.78, 5) is 0.980. The topological polar surface area (TPSA) is 97.5 Å². The van der Waals surface area contributed by atoms with Gasteiger partial charge in [-0.2, -0.15) is 0 Å². The molecule has 0 fully saturated rings. The van der Waals surface area contributed by atoms with Crippen molar-refractivity contribution in [1.82, 2.24) is 10.2 Å². The third-order valence-corrected chi connectivity index (χ3v) is 3.30. The second-order valence-electron chi connectivity index (χ2n) is 3.65. The van der Waals surface area contributed by atoms with Crippen LogP contribution in [0.4, 0.5) is 0 Å². The normalized spacial score (nSPS) is 11.8. The van der Waals surface area contributed by atoms with E-state index in [1.807, 2.05) is 19.1 Å². The maximum Gasteiger partial charge on any atom is 0.281 e. The van der Waals surface area contributed by atoms with E-state index in [4.69, 9.17) is 15.4 Å². The minimum atomic E-state index is 0.0864. The van der Waals surface area contributed by atoms with Crippen molar-refractivity contribution in [3.05, 3.63) is 35.2 Å². The lowest BCUT2D eigenvalue weighted by molar-refractivity contribution is 0.318. The first-order chi connectivity index (χ1) is 8.60. The number of hydrogen-bond acceptors (Lipinski definition) is 6. The van der Waals surface area contributed by atoms with E-state index in [1.54, 1.807) is 13.0 Å². The Kier molecular flexibility index (Phi) is 3.52. The van der Waals surface area contributed by atoms with Gasteiger partial charge in [-0.25, -0.2) is 0 Å². The Bertz CT molecular complexity index is 594. The van der Waals surface area contributed by atoms with Crippen LogP contribution in [-0.2, 0) is 0 Å². The van der Waals surface area contributed by atoms with Crippen LogP contribution >= 0.6 is 11.8 Å². The van der Waals surface area contributed by atoms with Crippen molar-refractivity contribution in [2.24, 2.45) is 10.9 Å². The minimum Gasteiger partial charge on any atom is -0.416 e. The molecule has 1 aromatic heterocycles. The zero-order chi connectivity index (χ0) is 13.1. The highest BCUT2D eigenvalue weighted by Gasteiger charge is 2.09. The molecule has 0 bridgehead atoms. The highest BCUT2D eigenvalue weighted by atomic mass is 32.2. The fraction of sp³-hybridized carbons (Fsp3) is 0.182. The fourth-order valence-corrected chi connectivity index (χ4v) is 2.18. The number of hydrogen-bond donors (Lipinski definition) is 2.